The third-order valence-corrected chi connectivity index (χ3v) is 2.21. The van der Waals surface area contributed by atoms with Crippen LogP contribution in [0.3, 0.4) is 0 Å². The number of carboxylic acid groups (broad SMARTS) is 1. The molecule has 0 fully saturated rings. The van der Waals surface area contributed by atoms with Crippen molar-refractivity contribution < 1.29 is 19.5 Å². The van der Waals surface area contributed by atoms with Crippen molar-refractivity contribution in [1.82, 2.24) is 5.32 Å². The van der Waals surface area contributed by atoms with Gasteiger partial charge in [-0.25, -0.2) is 0 Å². The van der Waals surface area contributed by atoms with E-state index < -0.39 is 17.9 Å². The Hall–Kier alpha value is -3.37. The molecule has 2 amide bonds. The van der Waals surface area contributed by atoms with E-state index in [9.17, 15) is 14.4 Å². The quantitative estimate of drug-likeness (QED) is 0.366. The van der Waals surface area contributed by atoms with Crippen LogP contribution in [0, 0.1) is 0 Å². The van der Waals surface area contributed by atoms with Gasteiger partial charge in [0.1, 0.15) is 6.04 Å². The number of hydrogen-bond acceptors (Lipinski definition) is 3. The summed E-state index contributed by atoms with van der Waals surface area (Å²) in [6.45, 7) is 0. The first-order chi connectivity index (χ1) is 8.04. The molecule has 0 aliphatic rings. The topological polar surface area (TPSA) is 109 Å². The van der Waals surface area contributed by atoms with Gasteiger partial charge >= 0.3 is 5.97 Å². The molecular weight excluding hydrogens is 481 g/mol. The first-order valence-corrected chi connectivity index (χ1v) is 4.79. The number of carbonyl (C=O) groups excluding carboxylic acids is 2. The Kier molecular flexibility index (Phi) is 5.09. The number of nitrogens with one attached hydrogen (secondary N) is 1. The molecular formula is C11H11FmN2O4-. The summed E-state index contributed by atoms with van der Waals surface area (Å²) in [5.74, 6) is -1.70. The van der Waals surface area contributed by atoms with Crippen molar-refractivity contribution in [2.45, 2.75) is 12.5 Å². The van der Waals surface area contributed by atoms with Gasteiger partial charge in [0.2, 0.25) is 5.91 Å². The minimum absolute atomic E-state index is 0. The number of benzene rings is 1. The van der Waals surface area contributed by atoms with Gasteiger partial charge in [0.15, 0.2) is 0 Å². The molecule has 4 N–H and O–H groups in total. The van der Waals surface area contributed by atoms with Gasteiger partial charge in [-0.15, -0.1) is 0 Å². The van der Waals surface area contributed by atoms with Crippen LogP contribution in [0.25, 0.3) is 0 Å². The summed E-state index contributed by atoms with van der Waals surface area (Å²) in [6, 6.07) is 5.14. The monoisotopic (exact) mass is 492 g/mol. The average molecular weight is 492 g/mol. The molecule has 0 saturated carbocycles. The van der Waals surface area contributed by atoms with E-state index in [0.717, 1.165) is 0 Å². The van der Waals surface area contributed by atoms with E-state index in [1.807, 2.05) is 0 Å². The third-order valence-electron chi connectivity index (χ3n) is 2.21. The molecule has 0 aromatic heterocycles. The van der Waals surface area contributed by atoms with Crippen molar-refractivity contribution in [3.8, 4) is 0 Å². The number of rotatable bonds is 6. The molecule has 0 bridgehead atoms. The maximum Gasteiger partial charge on any atom is 0.323 e. The summed E-state index contributed by atoms with van der Waals surface area (Å²) in [6.07, 6.45) is 1.46. The molecule has 1 aromatic carbocycles. The van der Waals surface area contributed by atoms with Crippen molar-refractivity contribution in [1.29, 1.82) is 0 Å². The van der Waals surface area contributed by atoms with Crippen LogP contribution in [0.2, 0.25) is 0 Å². The summed E-state index contributed by atoms with van der Waals surface area (Å²) >= 11 is 0. The van der Waals surface area contributed by atoms with Crippen LogP contribution in [0.1, 0.15) is 15.9 Å². The number of carboxylic acids is 1. The van der Waals surface area contributed by atoms with Crippen molar-refractivity contribution in [3.63, 3.8) is 0 Å². The van der Waals surface area contributed by atoms with Crippen molar-refractivity contribution >= 4 is 18.3 Å². The molecule has 18 heavy (non-hydrogen) atoms. The Bertz CT molecular complexity index is 433. The van der Waals surface area contributed by atoms with E-state index >= 15 is 0 Å². The molecule has 0 aliphatic carbocycles. The molecule has 6 nitrogen and oxygen atoms in total. The van der Waals surface area contributed by atoms with Gasteiger partial charge in [0.05, 0.1) is 0 Å². The molecule has 0 radical (unpaired) electrons. The predicted molar refractivity (Wildman–Crippen MR) is 58.9 cm³/mol. The van der Waals surface area contributed by atoms with Crippen LogP contribution < -0.4 is 11.1 Å². The van der Waals surface area contributed by atoms with Crippen molar-refractivity contribution in [2.75, 3.05) is 0 Å². The number of primary amides is 1. The first-order valence-electron chi connectivity index (χ1n) is 4.79. The SMILES string of the molecule is NC(=O)c1ccc(CC(N[C-]=O)C(=O)O)cc1.[Fm]. The second-order valence-electron chi connectivity index (χ2n) is 3.40. The zero-order valence-corrected chi connectivity index (χ0v) is 11.5. The maximum atomic E-state index is 10.8. The van der Waals surface area contributed by atoms with Gasteiger partial charge in [-0.3, -0.25) is 9.59 Å². The molecule has 1 unspecified atom stereocenters. The van der Waals surface area contributed by atoms with E-state index in [-0.39, 0.29) is 6.42 Å². The van der Waals surface area contributed by atoms with Crippen LogP contribution in [0.4, 0.5) is 0 Å². The van der Waals surface area contributed by atoms with Gasteiger partial charge in [-0.1, -0.05) is 12.1 Å². The largest absolute Gasteiger partial charge is 0.520 e. The molecule has 0 heterocycles. The van der Waals surface area contributed by atoms with Crippen LogP contribution in [0.5, 0.6) is 0 Å². The summed E-state index contributed by atoms with van der Waals surface area (Å²) in [5.41, 5.74) is 6.08. The van der Waals surface area contributed by atoms with Crippen molar-refractivity contribution in [3.05, 3.63) is 35.4 Å². The number of nitrogens with two attached hydrogens (primary N) is 1. The Balaban J connectivity index is 0.00000289. The Morgan fingerprint density at radius 3 is 2.28 bits per heavy atom. The number of aliphatic carboxylic acids is 1. The molecule has 0 spiro atoms. The van der Waals surface area contributed by atoms with E-state index in [0.29, 0.717) is 11.1 Å². The zero-order valence-electron chi connectivity index (χ0n) is 9.13. The third kappa shape index (κ3) is 3.65. The zero-order chi connectivity index (χ0) is 12.8. The van der Waals surface area contributed by atoms with Gasteiger partial charge < -0.3 is 21.0 Å². The van der Waals surface area contributed by atoms with Crippen LogP contribution >= 0.6 is 0 Å². The molecule has 0 saturated heterocycles. The smallest absolute Gasteiger partial charge is 0.323 e. The molecule has 102 valence electrons. The first kappa shape index (κ1) is 14.6. The van der Waals surface area contributed by atoms with E-state index in [4.69, 9.17) is 10.8 Å². The van der Waals surface area contributed by atoms with Gasteiger partial charge in [-0.2, -0.15) is 6.41 Å². The normalized spacial score (nSPS) is 10.9. The average Bonchev–Trinajstić information content (AvgIpc) is 2.29. The molecule has 1 aromatic rings. The summed E-state index contributed by atoms with van der Waals surface area (Å²) in [7, 11) is 0. The number of amides is 2. The second kappa shape index (κ2) is 6.26. The molecule has 0 aliphatic heterocycles. The maximum absolute atomic E-state index is 10.8. The summed E-state index contributed by atoms with van der Waals surface area (Å²) in [5, 5.41) is 10.9. The fraction of sp³-hybridized carbons (Fsp3) is 0.182. The molecule has 1 atom stereocenters. The fourth-order valence-corrected chi connectivity index (χ4v) is 1.31. The molecule has 7 heteroatoms. The Morgan fingerprint density at radius 2 is 1.89 bits per heavy atom. The van der Waals surface area contributed by atoms with E-state index in [1.54, 1.807) is 12.1 Å². The van der Waals surface area contributed by atoms with Crippen LogP contribution in [0.15, 0.2) is 24.3 Å². The number of carbonyl (C=O) groups is 2. The standard InChI is InChI=1S/C11H11N2O4.Fm/c12-10(15)8-3-1-7(2-4-8)5-9(11(16)17)13-6-14;/h1-4,9H,5H2,(H2,12,15)(H,13,14)(H,16,17);/q-1;. The van der Waals surface area contributed by atoms with Crippen LogP contribution in [-0.2, 0) is 16.0 Å². The molecule has 1 rings (SSSR count). The van der Waals surface area contributed by atoms with Gasteiger partial charge in [-0.05, 0) is 17.7 Å². The van der Waals surface area contributed by atoms with Gasteiger partial charge in [0.25, 0.3) is 0 Å². The van der Waals surface area contributed by atoms with Gasteiger partial charge in [0, 0.05) is 12.0 Å². The van der Waals surface area contributed by atoms with E-state index in [2.05, 4.69) is 5.32 Å². The second-order valence-corrected chi connectivity index (χ2v) is 3.40. The summed E-state index contributed by atoms with van der Waals surface area (Å²) in [4.78, 5) is 31.7. The van der Waals surface area contributed by atoms with Crippen LogP contribution in [-0.4, -0.2) is 29.4 Å². The minimum atomic E-state index is -1.15. The fourth-order valence-electron chi connectivity index (χ4n) is 1.31. The minimum Gasteiger partial charge on any atom is -0.520 e. The Labute approximate surface area is 97.4 Å². The number of hydrogen-bond donors (Lipinski definition) is 3. The van der Waals surface area contributed by atoms with Crippen molar-refractivity contribution in [2.24, 2.45) is 5.73 Å². The predicted octanol–water partition coefficient (Wildman–Crippen LogP) is -0.562. The summed E-state index contributed by atoms with van der Waals surface area (Å²) < 4.78 is 0. The Morgan fingerprint density at radius 1 is 1.33 bits per heavy atom. The van der Waals surface area contributed by atoms with E-state index in [1.165, 1.54) is 18.5 Å².